The van der Waals surface area contributed by atoms with Crippen LogP contribution in [0.15, 0.2) is 121 Å². The average Bonchev–Trinajstić information content (AvgIpc) is 3.13. The predicted molar refractivity (Wildman–Crippen MR) is 183 cm³/mol. The maximum atomic E-state index is 12.2. The van der Waals surface area contributed by atoms with Gasteiger partial charge in [0.05, 0.1) is 33.0 Å². The van der Waals surface area contributed by atoms with E-state index < -0.39 is 42.9 Å². The molecule has 0 bridgehead atoms. The number of hydrogen-bond acceptors (Lipinski definition) is 8. The van der Waals surface area contributed by atoms with E-state index >= 15 is 0 Å². The summed E-state index contributed by atoms with van der Waals surface area (Å²) in [5.41, 5.74) is 3.99. The summed E-state index contributed by atoms with van der Waals surface area (Å²) in [5, 5.41) is 12.2. The van der Waals surface area contributed by atoms with Crippen LogP contribution in [0.1, 0.15) is 36.1 Å². The van der Waals surface area contributed by atoms with Crippen molar-refractivity contribution in [1.82, 2.24) is 0 Å². The number of ether oxygens (including phenoxy) is 7. The molecule has 4 aromatic rings. The van der Waals surface area contributed by atoms with Crippen molar-refractivity contribution in [3.8, 4) is 0 Å². The second kappa shape index (κ2) is 19.5. The molecule has 48 heavy (non-hydrogen) atoms. The van der Waals surface area contributed by atoms with Crippen molar-refractivity contribution in [3.05, 3.63) is 144 Å². The first-order valence-corrected chi connectivity index (χ1v) is 16.8. The lowest BCUT2D eigenvalue weighted by molar-refractivity contribution is -0.308. The minimum absolute atomic E-state index is 0.197. The molecule has 1 N–H and O–H groups in total. The SMILES string of the molecule is CCOC(OCC)[C@H](OCc1ccccc1)[C@@H]1O[C@H](COCc2ccccc2)[C@H](OCc2ccccc2)[C@H](OCc2ccccc2)[C@H]1O. The van der Waals surface area contributed by atoms with E-state index in [-0.39, 0.29) is 19.8 Å². The van der Waals surface area contributed by atoms with Gasteiger partial charge in [-0.25, -0.2) is 0 Å². The number of aliphatic hydroxyl groups is 1. The van der Waals surface area contributed by atoms with E-state index in [0.717, 1.165) is 22.3 Å². The lowest BCUT2D eigenvalue weighted by atomic mass is 9.91. The Morgan fingerprint density at radius 3 is 1.48 bits per heavy atom. The van der Waals surface area contributed by atoms with Crippen LogP contribution in [0, 0.1) is 0 Å². The van der Waals surface area contributed by atoms with Crippen LogP contribution in [0.5, 0.6) is 0 Å². The van der Waals surface area contributed by atoms with E-state index in [2.05, 4.69) is 0 Å². The van der Waals surface area contributed by atoms with Crippen LogP contribution in [0.3, 0.4) is 0 Å². The maximum absolute atomic E-state index is 12.2. The van der Waals surface area contributed by atoms with Crippen LogP contribution in [0.2, 0.25) is 0 Å². The molecule has 0 radical (unpaired) electrons. The number of benzene rings is 4. The fraction of sp³-hybridized carbons (Fsp3) is 0.400. The fourth-order valence-corrected chi connectivity index (χ4v) is 5.82. The summed E-state index contributed by atoms with van der Waals surface area (Å²) in [7, 11) is 0. The van der Waals surface area contributed by atoms with Gasteiger partial charge in [0.1, 0.15) is 36.6 Å². The third-order valence-electron chi connectivity index (χ3n) is 8.20. The zero-order chi connectivity index (χ0) is 33.4. The number of rotatable bonds is 19. The molecule has 0 spiro atoms. The van der Waals surface area contributed by atoms with Crippen molar-refractivity contribution >= 4 is 0 Å². The van der Waals surface area contributed by atoms with E-state index in [4.69, 9.17) is 33.2 Å². The molecule has 5 rings (SSSR count). The van der Waals surface area contributed by atoms with Gasteiger partial charge in [0, 0.05) is 13.2 Å². The molecule has 6 atom stereocenters. The number of hydrogen-bond donors (Lipinski definition) is 1. The summed E-state index contributed by atoms with van der Waals surface area (Å²) in [5.74, 6) is 0. The topological polar surface area (TPSA) is 84.8 Å². The first-order chi connectivity index (χ1) is 23.7. The van der Waals surface area contributed by atoms with Crippen LogP contribution in [-0.2, 0) is 59.6 Å². The molecule has 0 amide bonds. The minimum Gasteiger partial charge on any atom is -0.387 e. The van der Waals surface area contributed by atoms with Gasteiger partial charge in [0.25, 0.3) is 0 Å². The van der Waals surface area contributed by atoms with Gasteiger partial charge in [-0.1, -0.05) is 121 Å². The first-order valence-electron chi connectivity index (χ1n) is 16.8. The Bertz CT molecular complexity index is 1400. The summed E-state index contributed by atoms with van der Waals surface area (Å²) in [4.78, 5) is 0. The van der Waals surface area contributed by atoms with Crippen LogP contribution in [0.25, 0.3) is 0 Å². The van der Waals surface area contributed by atoms with E-state index in [1.807, 2.05) is 135 Å². The lowest BCUT2D eigenvalue weighted by Crippen LogP contribution is -2.65. The molecule has 8 heteroatoms. The second-order valence-corrected chi connectivity index (χ2v) is 11.7. The molecule has 256 valence electrons. The van der Waals surface area contributed by atoms with Crippen molar-refractivity contribution in [2.45, 2.75) is 83.2 Å². The highest BCUT2D eigenvalue weighted by molar-refractivity contribution is 5.16. The summed E-state index contributed by atoms with van der Waals surface area (Å²) in [6.07, 6.45) is -5.70. The molecule has 1 aliphatic heterocycles. The molecule has 0 saturated carbocycles. The van der Waals surface area contributed by atoms with E-state index in [9.17, 15) is 5.11 Å². The van der Waals surface area contributed by atoms with Crippen molar-refractivity contribution < 1.29 is 38.3 Å². The third-order valence-corrected chi connectivity index (χ3v) is 8.20. The van der Waals surface area contributed by atoms with Gasteiger partial charge in [0.2, 0.25) is 0 Å². The smallest absolute Gasteiger partial charge is 0.186 e. The van der Waals surface area contributed by atoms with Gasteiger partial charge in [0.15, 0.2) is 6.29 Å². The third kappa shape index (κ3) is 10.5. The predicted octanol–water partition coefficient (Wildman–Crippen LogP) is 6.49. The fourth-order valence-electron chi connectivity index (χ4n) is 5.82. The molecule has 0 aliphatic carbocycles. The Morgan fingerprint density at radius 1 is 0.562 bits per heavy atom. The summed E-state index contributed by atoms with van der Waals surface area (Å²) < 4.78 is 44.8. The normalized spacial score (nSPS) is 21.7. The minimum atomic E-state index is -1.15. The van der Waals surface area contributed by atoms with Gasteiger partial charge in [-0.05, 0) is 36.1 Å². The Hall–Kier alpha value is -3.44. The molecule has 0 unspecified atom stereocenters. The summed E-state index contributed by atoms with van der Waals surface area (Å²) >= 11 is 0. The highest BCUT2D eigenvalue weighted by Crippen LogP contribution is 2.33. The molecule has 8 nitrogen and oxygen atoms in total. The average molecular weight is 657 g/mol. The molecule has 4 aromatic carbocycles. The molecule has 0 aromatic heterocycles. The Morgan fingerprint density at radius 2 is 1.00 bits per heavy atom. The highest BCUT2D eigenvalue weighted by atomic mass is 16.7. The molecular weight excluding hydrogens is 608 g/mol. The molecular formula is C40H48O8. The van der Waals surface area contributed by atoms with Crippen LogP contribution >= 0.6 is 0 Å². The van der Waals surface area contributed by atoms with Gasteiger partial charge >= 0.3 is 0 Å². The summed E-state index contributed by atoms with van der Waals surface area (Å²) in [6.45, 7) is 6.02. The second-order valence-electron chi connectivity index (χ2n) is 11.7. The van der Waals surface area contributed by atoms with Gasteiger partial charge in [-0.3, -0.25) is 0 Å². The van der Waals surface area contributed by atoms with Gasteiger partial charge in [-0.2, -0.15) is 0 Å². The molecule has 1 saturated heterocycles. The largest absolute Gasteiger partial charge is 0.387 e. The standard InChI is InChI=1S/C40H48O8/c1-3-43-40(44-4-2)39(47-28-33-23-15-8-16-24-33)38-35(41)37(46-27-32-21-13-7-14-22-32)36(45-26-31-19-11-6-12-20-31)34(48-38)29-42-25-30-17-9-5-10-18-30/h5-24,34-41H,3-4,25-29H2,1-2H3/t34-,35-,36+,37-,38-,39-/m1/s1. The van der Waals surface area contributed by atoms with Gasteiger partial charge in [-0.15, -0.1) is 0 Å². The maximum Gasteiger partial charge on any atom is 0.186 e. The summed E-state index contributed by atoms with van der Waals surface area (Å²) in [6, 6.07) is 39.7. The molecule has 1 fully saturated rings. The van der Waals surface area contributed by atoms with E-state index in [1.54, 1.807) is 0 Å². The Kier molecular flexibility index (Phi) is 14.6. The highest BCUT2D eigenvalue weighted by Gasteiger charge is 2.51. The zero-order valence-electron chi connectivity index (χ0n) is 27.8. The van der Waals surface area contributed by atoms with Crippen molar-refractivity contribution in [1.29, 1.82) is 0 Å². The van der Waals surface area contributed by atoms with Crippen LogP contribution in [0.4, 0.5) is 0 Å². The molecule has 1 heterocycles. The Labute approximate surface area is 284 Å². The quantitative estimate of drug-likeness (QED) is 0.115. The van der Waals surface area contributed by atoms with Crippen LogP contribution in [-0.4, -0.2) is 67.8 Å². The monoisotopic (exact) mass is 656 g/mol. The van der Waals surface area contributed by atoms with Crippen molar-refractivity contribution in [3.63, 3.8) is 0 Å². The number of aliphatic hydroxyl groups excluding tert-OH is 1. The van der Waals surface area contributed by atoms with E-state index in [0.29, 0.717) is 26.4 Å². The van der Waals surface area contributed by atoms with Gasteiger partial charge < -0.3 is 38.3 Å². The van der Waals surface area contributed by atoms with Crippen LogP contribution < -0.4 is 0 Å². The first kappa shape index (κ1) is 35.9. The van der Waals surface area contributed by atoms with Crippen molar-refractivity contribution in [2.24, 2.45) is 0 Å². The lowest BCUT2D eigenvalue weighted by Gasteiger charge is -2.47. The zero-order valence-corrected chi connectivity index (χ0v) is 27.8. The van der Waals surface area contributed by atoms with E-state index in [1.165, 1.54) is 0 Å². The Balaban J connectivity index is 1.45. The van der Waals surface area contributed by atoms with Crippen molar-refractivity contribution in [2.75, 3.05) is 19.8 Å². The molecule has 1 aliphatic rings.